The van der Waals surface area contributed by atoms with E-state index in [1.165, 1.54) is 6.20 Å². The SMILES string of the molecule is CCN1CCN(c2cccnc2C(=O)O)CC1. The average molecular weight is 235 g/mol. The Labute approximate surface area is 101 Å². The van der Waals surface area contributed by atoms with Crippen LogP contribution in [0, 0.1) is 0 Å². The number of aromatic nitrogens is 1. The lowest BCUT2D eigenvalue weighted by Crippen LogP contribution is -2.46. The number of piperazine rings is 1. The Morgan fingerprint density at radius 2 is 2.12 bits per heavy atom. The Hall–Kier alpha value is -1.62. The van der Waals surface area contributed by atoms with Gasteiger partial charge in [-0.15, -0.1) is 0 Å². The maximum absolute atomic E-state index is 11.1. The molecular weight excluding hydrogens is 218 g/mol. The van der Waals surface area contributed by atoms with Crippen molar-refractivity contribution >= 4 is 11.7 Å². The lowest BCUT2D eigenvalue weighted by molar-refractivity contribution is 0.0691. The van der Waals surface area contributed by atoms with Gasteiger partial charge in [0, 0.05) is 32.4 Å². The first kappa shape index (κ1) is 11.9. The number of carboxylic acid groups (broad SMARTS) is 1. The number of likely N-dealkylation sites (N-methyl/N-ethyl adjacent to an activating group) is 1. The predicted octanol–water partition coefficient (Wildman–Crippen LogP) is 0.922. The summed E-state index contributed by atoms with van der Waals surface area (Å²) in [5.74, 6) is -0.960. The molecule has 2 rings (SSSR count). The summed E-state index contributed by atoms with van der Waals surface area (Å²) < 4.78 is 0. The molecular formula is C12H17N3O2. The Balaban J connectivity index is 2.15. The predicted molar refractivity (Wildman–Crippen MR) is 65.5 cm³/mol. The second-order valence-corrected chi connectivity index (χ2v) is 4.10. The first-order valence-electron chi connectivity index (χ1n) is 5.88. The van der Waals surface area contributed by atoms with E-state index in [-0.39, 0.29) is 5.69 Å². The zero-order valence-corrected chi connectivity index (χ0v) is 9.96. The van der Waals surface area contributed by atoms with Gasteiger partial charge in [0.15, 0.2) is 5.69 Å². The Morgan fingerprint density at radius 3 is 2.71 bits per heavy atom. The quantitative estimate of drug-likeness (QED) is 0.844. The topological polar surface area (TPSA) is 56.7 Å². The van der Waals surface area contributed by atoms with Crippen LogP contribution in [0.4, 0.5) is 5.69 Å². The van der Waals surface area contributed by atoms with Gasteiger partial charge in [-0.05, 0) is 18.7 Å². The number of nitrogens with zero attached hydrogens (tertiary/aromatic N) is 3. The van der Waals surface area contributed by atoms with E-state index in [0.717, 1.165) is 38.4 Å². The van der Waals surface area contributed by atoms with E-state index in [0.29, 0.717) is 0 Å². The summed E-state index contributed by atoms with van der Waals surface area (Å²) >= 11 is 0. The van der Waals surface area contributed by atoms with Gasteiger partial charge >= 0.3 is 5.97 Å². The molecule has 0 atom stereocenters. The fourth-order valence-electron chi connectivity index (χ4n) is 2.12. The maximum atomic E-state index is 11.1. The molecule has 1 aromatic heterocycles. The van der Waals surface area contributed by atoms with Crippen LogP contribution in [0.1, 0.15) is 17.4 Å². The van der Waals surface area contributed by atoms with Crippen molar-refractivity contribution in [2.24, 2.45) is 0 Å². The van der Waals surface area contributed by atoms with Crippen LogP contribution in [0.5, 0.6) is 0 Å². The Bertz CT molecular complexity index is 400. The number of hydrogen-bond acceptors (Lipinski definition) is 4. The zero-order valence-electron chi connectivity index (χ0n) is 9.96. The minimum atomic E-state index is -0.960. The van der Waals surface area contributed by atoms with E-state index < -0.39 is 5.97 Å². The number of hydrogen-bond donors (Lipinski definition) is 1. The van der Waals surface area contributed by atoms with Gasteiger partial charge in [-0.1, -0.05) is 6.92 Å². The smallest absolute Gasteiger partial charge is 0.356 e. The number of rotatable bonds is 3. The number of aromatic carboxylic acids is 1. The van der Waals surface area contributed by atoms with Gasteiger partial charge in [-0.2, -0.15) is 0 Å². The largest absolute Gasteiger partial charge is 0.476 e. The van der Waals surface area contributed by atoms with Crippen molar-refractivity contribution in [1.29, 1.82) is 0 Å². The van der Waals surface area contributed by atoms with Crippen molar-refractivity contribution in [2.75, 3.05) is 37.6 Å². The van der Waals surface area contributed by atoms with Crippen LogP contribution in [0.25, 0.3) is 0 Å². The number of carboxylic acids is 1. The summed E-state index contributed by atoms with van der Waals surface area (Å²) in [6, 6.07) is 3.62. The highest BCUT2D eigenvalue weighted by Gasteiger charge is 2.20. The molecule has 5 heteroatoms. The normalized spacial score (nSPS) is 17.1. The van der Waals surface area contributed by atoms with Gasteiger partial charge in [0.25, 0.3) is 0 Å². The molecule has 1 N–H and O–H groups in total. The van der Waals surface area contributed by atoms with Crippen molar-refractivity contribution in [3.05, 3.63) is 24.0 Å². The number of anilines is 1. The summed E-state index contributed by atoms with van der Waals surface area (Å²) in [4.78, 5) is 19.5. The van der Waals surface area contributed by atoms with Gasteiger partial charge in [0.05, 0.1) is 5.69 Å². The molecule has 0 saturated carbocycles. The first-order valence-corrected chi connectivity index (χ1v) is 5.88. The van der Waals surface area contributed by atoms with Crippen molar-refractivity contribution in [2.45, 2.75) is 6.92 Å². The van der Waals surface area contributed by atoms with Crippen LogP contribution >= 0.6 is 0 Å². The third-order valence-electron chi connectivity index (χ3n) is 3.15. The third kappa shape index (κ3) is 2.55. The lowest BCUT2D eigenvalue weighted by Gasteiger charge is -2.35. The van der Waals surface area contributed by atoms with Crippen LogP contribution in [-0.2, 0) is 0 Å². The molecule has 92 valence electrons. The van der Waals surface area contributed by atoms with Crippen molar-refractivity contribution in [3.63, 3.8) is 0 Å². The molecule has 1 fully saturated rings. The molecule has 1 aliphatic heterocycles. The Morgan fingerprint density at radius 1 is 1.41 bits per heavy atom. The van der Waals surface area contributed by atoms with Gasteiger partial charge in [0.1, 0.15) is 0 Å². The lowest BCUT2D eigenvalue weighted by atomic mass is 10.2. The zero-order chi connectivity index (χ0) is 12.3. The summed E-state index contributed by atoms with van der Waals surface area (Å²) in [6.45, 7) is 6.86. The van der Waals surface area contributed by atoms with E-state index in [9.17, 15) is 4.79 Å². The summed E-state index contributed by atoms with van der Waals surface area (Å²) in [7, 11) is 0. The third-order valence-corrected chi connectivity index (χ3v) is 3.15. The second kappa shape index (κ2) is 5.14. The van der Waals surface area contributed by atoms with Gasteiger partial charge < -0.3 is 14.9 Å². The summed E-state index contributed by atoms with van der Waals surface area (Å²) in [5.41, 5.74) is 0.883. The minimum absolute atomic E-state index is 0.150. The van der Waals surface area contributed by atoms with E-state index >= 15 is 0 Å². The molecule has 0 amide bonds. The van der Waals surface area contributed by atoms with Crippen LogP contribution in [0.15, 0.2) is 18.3 Å². The van der Waals surface area contributed by atoms with Gasteiger partial charge in [-0.3, -0.25) is 0 Å². The van der Waals surface area contributed by atoms with Crippen LogP contribution in [0.3, 0.4) is 0 Å². The van der Waals surface area contributed by atoms with E-state index in [1.54, 1.807) is 6.07 Å². The summed E-state index contributed by atoms with van der Waals surface area (Å²) in [6.07, 6.45) is 1.52. The van der Waals surface area contributed by atoms with E-state index in [1.807, 2.05) is 6.07 Å². The monoisotopic (exact) mass is 235 g/mol. The molecule has 1 aromatic rings. The maximum Gasteiger partial charge on any atom is 0.356 e. The van der Waals surface area contributed by atoms with Crippen LogP contribution in [0.2, 0.25) is 0 Å². The van der Waals surface area contributed by atoms with Gasteiger partial charge in [-0.25, -0.2) is 9.78 Å². The van der Waals surface area contributed by atoms with E-state index in [2.05, 4.69) is 21.7 Å². The molecule has 0 radical (unpaired) electrons. The Kier molecular flexibility index (Phi) is 3.58. The van der Waals surface area contributed by atoms with Crippen molar-refractivity contribution in [3.8, 4) is 0 Å². The first-order chi connectivity index (χ1) is 8.22. The second-order valence-electron chi connectivity index (χ2n) is 4.10. The molecule has 0 aromatic carbocycles. The standard InChI is InChI=1S/C12H17N3O2/c1-2-14-6-8-15(9-7-14)10-4-3-5-13-11(10)12(16)17/h3-5H,2,6-9H2,1H3,(H,16,17). The van der Waals surface area contributed by atoms with Crippen LogP contribution < -0.4 is 4.90 Å². The molecule has 0 bridgehead atoms. The number of pyridine rings is 1. The molecule has 0 aliphatic carbocycles. The average Bonchev–Trinajstić information content (AvgIpc) is 2.39. The van der Waals surface area contributed by atoms with Crippen LogP contribution in [-0.4, -0.2) is 53.7 Å². The fraction of sp³-hybridized carbons (Fsp3) is 0.500. The highest BCUT2D eigenvalue weighted by atomic mass is 16.4. The fourth-order valence-corrected chi connectivity index (χ4v) is 2.12. The minimum Gasteiger partial charge on any atom is -0.476 e. The molecule has 17 heavy (non-hydrogen) atoms. The highest BCUT2D eigenvalue weighted by molar-refractivity contribution is 5.92. The molecule has 5 nitrogen and oxygen atoms in total. The van der Waals surface area contributed by atoms with Crippen molar-refractivity contribution in [1.82, 2.24) is 9.88 Å². The van der Waals surface area contributed by atoms with Gasteiger partial charge in [0.2, 0.25) is 0 Å². The highest BCUT2D eigenvalue weighted by Crippen LogP contribution is 2.19. The number of carbonyl (C=O) groups is 1. The molecule has 1 saturated heterocycles. The van der Waals surface area contributed by atoms with E-state index in [4.69, 9.17) is 5.11 Å². The molecule has 1 aliphatic rings. The molecule has 2 heterocycles. The molecule has 0 unspecified atom stereocenters. The molecule has 0 spiro atoms. The summed E-state index contributed by atoms with van der Waals surface area (Å²) in [5, 5.41) is 9.09. The van der Waals surface area contributed by atoms with Crippen molar-refractivity contribution < 1.29 is 9.90 Å².